The number of hydrogen-bond acceptors (Lipinski definition) is 5. The molecule has 1 N–H and O–H groups in total. The molecule has 1 amide bonds. The molecule has 1 aromatic rings. The van der Waals surface area contributed by atoms with Crippen LogP contribution in [0.5, 0.6) is 0 Å². The molecule has 0 bridgehead atoms. The number of ether oxygens (including phenoxy) is 1. The van der Waals surface area contributed by atoms with E-state index in [1.165, 1.54) is 14.0 Å². The van der Waals surface area contributed by atoms with E-state index in [0.29, 0.717) is 32.4 Å². The van der Waals surface area contributed by atoms with Crippen LogP contribution < -0.4 is 5.32 Å². The van der Waals surface area contributed by atoms with Crippen molar-refractivity contribution in [1.29, 1.82) is 0 Å². The van der Waals surface area contributed by atoms with E-state index < -0.39 is 6.04 Å². The first-order chi connectivity index (χ1) is 12.0. The van der Waals surface area contributed by atoms with Gasteiger partial charge in [-0.2, -0.15) is 0 Å². The third kappa shape index (κ3) is 5.98. The molecule has 0 saturated carbocycles. The Morgan fingerprint density at radius 2 is 1.84 bits per heavy atom. The highest BCUT2D eigenvalue weighted by molar-refractivity contribution is 5.88. The summed E-state index contributed by atoms with van der Waals surface area (Å²) in [6.07, 6.45) is 1.88. The van der Waals surface area contributed by atoms with E-state index in [4.69, 9.17) is 4.74 Å². The van der Waals surface area contributed by atoms with Gasteiger partial charge in [0.15, 0.2) is 5.78 Å². The van der Waals surface area contributed by atoms with E-state index in [1.807, 2.05) is 35.2 Å². The molecule has 0 aromatic heterocycles. The van der Waals surface area contributed by atoms with Gasteiger partial charge in [0.2, 0.25) is 5.91 Å². The summed E-state index contributed by atoms with van der Waals surface area (Å²) in [6.45, 7) is 3.09. The summed E-state index contributed by atoms with van der Waals surface area (Å²) in [7, 11) is 1.40. The van der Waals surface area contributed by atoms with Crippen molar-refractivity contribution in [3.8, 4) is 0 Å². The van der Waals surface area contributed by atoms with Crippen molar-refractivity contribution in [2.24, 2.45) is 5.92 Å². The monoisotopic (exact) mass is 346 g/mol. The van der Waals surface area contributed by atoms with Gasteiger partial charge < -0.3 is 10.1 Å². The fourth-order valence-corrected chi connectivity index (χ4v) is 3.08. The molecular weight excluding hydrogens is 320 g/mol. The Morgan fingerprint density at radius 1 is 1.20 bits per heavy atom. The summed E-state index contributed by atoms with van der Waals surface area (Å²) in [4.78, 5) is 37.7. The number of Topliss-reactive ketones (excluding diaryl/α,β-unsaturated/α-hetero) is 1. The van der Waals surface area contributed by atoms with Crippen molar-refractivity contribution in [1.82, 2.24) is 10.2 Å². The molecule has 1 fully saturated rings. The average Bonchev–Trinajstić information content (AvgIpc) is 2.62. The van der Waals surface area contributed by atoms with Gasteiger partial charge in [-0.1, -0.05) is 30.3 Å². The smallest absolute Gasteiger partial charge is 0.308 e. The zero-order valence-corrected chi connectivity index (χ0v) is 14.9. The lowest BCUT2D eigenvalue weighted by atomic mass is 9.97. The first-order valence-electron chi connectivity index (χ1n) is 8.63. The second kappa shape index (κ2) is 9.32. The third-order valence-electron chi connectivity index (χ3n) is 4.60. The van der Waals surface area contributed by atoms with Crippen molar-refractivity contribution in [3.63, 3.8) is 0 Å². The standard InChI is InChI=1S/C19H26N2O4/c1-14(22)17(12-15-6-4-3-5-7-15)20-18(23)13-21-10-8-16(9-11-21)19(24)25-2/h3-7,16-17H,8-13H2,1-2H3,(H,20,23)/t17-/m0/s1. The second-order valence-corrected chi connectivity index (χ2v) is 6.49. The first kappa shape index (κ1) is 19.1. The number of carbonyl (C=O) groups excluding carboxylic acids is 3. The predicted molar refractivity (Wildman–Crippen MR) is 93.9 cm³/mol. The average molecular weight is 346 g/mol. The van der Waals surface area contributed by atoms with Gasteiger partial charge in [-0.25, -0.2) is 0 Å². The molecule has 6 heteroatoms. The number of carbonyl (C=O) groups is 3. The number of hydrogen-bond donors (Lipinski definition) is 1. The first-order valence-corrected chi connectivity index (χ1v) is 8.63. The lowest BCUT2D eigenvalue weighted by Crippen LogP contribution is -2.47. The SMILES string of the molecule is COC(=O)C1CCN(CC(=O)N[C@@H](Cc2ccccc2)C(C)=O)CC1. The van der Waals surface area contributed by atoms with Crippen LogP contribution in [0.1, 0.15) is 25.3 Å². The summed E-state index contributed by atoms with van der Waals surface area (Å²) < 4.78 is 4.77. The molecule has 0 unspecified atom stereocenters. The zero-order chi connectivity index (χ0) is 18.2. The van der Waals surface area contributed by atoms with Gasteiger partial charge in [-0.3, -0.25) is 19.3 Å². The molecular formula is C19H26N2O4. The lowest BCUT2D eigenvalue weighted by Gasteiger charge is -2.30. The molecule has 1 heterocycles. The molecule has 1 aliphatic rings. The largest absolute Gasteiger partial charge is 0.469 e. The third-order valence-corrected chi connectivity index (χ3v) is 4.60. The molecule has 0 spiro atoms. The molecule has 25 heavy (non-hydrogen) atoms. The minimum absolute atomic E-state index is 0.0541. The maximum absolute atomic E-state index is 12.3. The van der Waals surface area contributed by atoms with Crippen molar-refractivity contribution >= 4 is 17.7 Å². The molecule has 136 valence electrons. The Bertz CT molecular complexity index is 595. The van der Waals surface area contributed by atoms with Gasteiger partial charge in [-0.15, -0.1) is 0 Å². The zero-order valence-electron chi connectivity index (χ0n) is 14.9. The number of likely N-dealkylation sites (tertiary alicyclic amines) is 1. The second-order valence-electron chi connectivity index (χ2n) is 6.49. The van der Waals surface area contributed by atoms with Crippen LogP contribution in [-0.2, 0) is 25.5 Å². The number of nitrogens with zero attached hydrogens (tertiary/aromatic N) is 1. The van der Waals surface area contributed by atoms with Gasteiger partial charge in [-0.05, 0) is 44.8 Å². The molecule has 2 rings (SSSR count). The van der Waals surface area contributed by atoms with Crippen LogP contribution in [0.15, 0.2) is 30.3 Å². The van der Waals surface area contributed by atoms with Crippen LogP contribution in [0.25, 0.3) is 0 Å². The van der Waals surface area contributed by atoms with Crippen molar-refractivity contribution in [2.75, 3.05) is 26.7 Å². The number of ketones is 1. The number of esters is 1. The van der Waals surface area contributed by atoms with E-state index in [9.17, 15) is 14.4 Å². The Morgan fingerprint density at radius 3 is 2.40 bits per heavy atom. The van der Waals surface area contributed by atoms with Crippen molar-refractivity contribution in [2.45, 2.75) is 32.2 Å². The van der Waals surface area contributed by atoms with Crippen LogP contribution in [0.4, 0.5) is 0 Å². The molecule has 1 atom stereocenters. The highest BCUT2D eigenvalue weighted by Crippen LogP contribution is 2.18. The number of methoxy groups -OCH3 is 1. The minimum Gasteiger partial charge on any atom is -0.469 e. The fraction of sp³-hybridized carbons (Fsp3) is 0.526. The summed E-state index contributed by atoms with van der Waals surface area (Å²) in [5, 5.41) is 2.84. The van der Waals surface area contributed by atoms with E-state index in [-0.39, 0.29) is 30.1 Å². The van der Waals surface area contributed by atoms with Crippen LogP contribution in [-0.4, -0.2) is 55.3 Å². The molecule has 0 aliphatic carbocycles. The summed E-state index contributed by atoms with van der Waals surface area (Å²) in [6, 6.07) is 9.13. The van der Waals surface area contributed by atoms with Gasteiger partial charge in [0.05, 0.1) is 25.6 Å². The number of benzene rings is 1. The van der Waals surface area contributed by atoms with Crippen LogP contribution in [0.2, 0.25) is 0 Å². The summed E-state index contributed by atoms with van der Waals surface area (Å²) >= 11 is 0. The highest BCUT2D eigenvalue weighted by atomic mass is 16.5. The Kier molecular flexibility index (Phi) is 7.13. The Hall–Kier alpha value is -2.21. The van der Waals surface area contributed by atoms with Crippen molar-refractivity contribution < 1.29 is 19.1 Å². The quantitative estimate of drug-likeness (QED) is 0.751. The normalized spacial score (nSPS) is 16.9. The number of piperidine rings is 1. The fourth-order valence-electron chi connectivity index (χ4n) is 3.08. The summed E-state index contributed by atoms with van der Waals surface area (Å²) in [5.41, 5.74) is 1.02. The van der Waals surface area contributed by atoms with E-state index in [1.54, 1.807) is 0 Å². The maximum Gasteiger partial charge on any atom is 0.308 e. The Balaban J connectivity index is 1.82. The molecule has 0 radical (unpaired) electrons. The highest BCUT2D eigenvalue weighted by Gasteiger charge is 2.27. The number of nitrogens with one attached hydrogen (secondary N) is 1. The topological polar surface area (TPSA) is 75.7 Å². The van der Waals surface area contributed by atoms with Crippen LogP contribution >= 0.6 is 0 Å². The van der Waals surface area contributed by atoms with Crippen LogP contribution in [0, 0.1) is 5.92 Å². The molecule has 1 aromatic carbocycles. The molecule has 1 aliphatic heterocycles. The van der Waals surface area contributed by atoms with E-state index in [2.05, 4.69) is 5.32 Å². The van der Waals surface area contributed by atoms with Gasteiger partial charge >= 0.3 is 5.97 Å². The van der Waals surface area contributed by atoms with Crippen molar-refractivity contribution in [3.05, 3.63) is 35.9 Å². The predicted octanol–water partition coefficient (Wildman–Crippen LogP) is 1.19. The maximum atomic E-state index is 12.3. The molecule has 1 saturated heterocycles. The van der Waals surface area contributed by atoms with Crippen LogP contribution in [0.3, 0.4) is 0 Å². The van der Waals surface area contributed by atoms with E-state index in [0.717, 1.165) is 5.56 Å². The number of amides is 1. The Labute approximate surface area is 148 Å². The van der Waals surface area contributed by atoms with Gasteiger partial charge in [0, 0.05) is 0 Å². The minimum atomic E-state index is -0.512. The van der Waals surface area contributed by atoms with E-state index >= 15 is 0 Å². The van der Waals surface area contributed by atoms with Gasteiger partial charge in [0.25, 0.3) is 0 Å². The lowest BCUT2D eigenvalue weighted by molar-refractivity contribution is -0.147. The number of rotatable bonds is 7. The summed E-state index contributed by atoms with van der Waals surface area (Å²) in [5.74, 6) is -0.467. The molecule has 6 nitrogen and oxygen atoms in total. The van der Waals surface area contributed by atoms with Gasteiger partial charge in [0.1, 0.15) is 0 Å².